The first kappa shape index (κ1) is 21.2. The Morgan fingerprint density at radius 3 is 2.40 bits per heavy atom. The number of nitrogens with zero attached hydrogens (tertiary/aromatic N) is 2. The number of hydrogen-bond donors (Lipinski definition) is 1. The summed E-state index contributed by atoms with van der Waals surface area (Å²) in [5, 5.41) is 0. The van der Waals surface area contributed by atoms with Crippen molar-refractivity contribution in [3.8, 4) is 0 Å². The summed E-state index contributed by atoms with van der Waals surface area (Å²) in [5.41, 5.74) is 6.14. The fourth-order valence-electron chi connectivity index (χ4n) is 2.66. The van der Waals surface area contributed by atoms with E-state index < -0.39 is 11.6 Å². The third-order valence-electron chi connectivity index (χ3n) is 3.92. The molecule has 25 heavy (non-hydrogen) atoms. The molecule has 0 bridgehead atoms. The second-order valence-electron chi connectivity index (χ2n) is 5.38. The van der Waals surface area contributed by atoms with Crippen LogP contribution in [0.2, 0.25) is 0 Å². The number of furan rings is 1. The Morgan fingerprint density at radius 1 is 1.12 bits per heavy atom. The van der Waals surface area contributed by atoms with E-state index in [0.717, 1.165) is 12.1 Å². The quantitative estimate of drug-likeness (QED) is 0.870. The van der Waals surface area contributed by atoms with Crippen molar-refractivity contribution in [2.45, 2.75) is 6.54 Å². The summed E-state index contributed by atoms with van der Waals surface area (Å²) in [4.78, 5) is 15.8. The van der Waals surface area contributed by atoms with E-state index in [-0.39, 0.29) is 43.0 Å². The number of piperazine rings is 1. The van der Waals surface area contributed by atoms with Gasteiger partial charge in [0.25, 0.3) is 5.91 Å². The van der Waals surface area contributed by atoms with Crippen LogP contribution in [-0.4, -0.2) is 37.0 Å². The zero-order valence-electron chi connectivity index (χ0n) is 13.3. The number of carbonyl (C=O) groups is 1. The highest BCUT2D eigenvalue weighted by atomic mass is 35.5. The molecule has 1 aliphatic heterocycles. The first-order valence-electron chi connectivity index (χ1n) is 7.35. The van der Waals surface area contributed by atoms with Gasteiger partial charge in [0.2, 0.25) is 0 Å². The third kappa shape index (κ3) is 4.62. The van der Waals surface area contributed by atoms with Crippen LogP contribution >= 0.6 is 24.8 Å². The summed E-state index contributed by atoms with van der Waals surface area (Å²) >= 11 is 0. The molecule has 3 rings (SSSR count). The van der Waals surface area contributed by atoms with Crippen LogP contribution in [0, 0.1) is 11.6 Å². The van der Waals surface area contributed by atoms with Crippen molar-refractivity contribution in [3.63, 3.8) is 0 Å². The lowest BCUT2D eigenvalue weighted by Crippen LogP contribution is -2.49. The van der Waals surface area contributed by atoms with Crippen molar-refractivity contribution in [1.82, 2.24) is 4.90 Å². The summed E-state index contributed by atoms with van der Waals surface area (Å²) in [7, 11) is 0. The monoisotopic (exact) mass is 393 g/mol. The Hall–Kier alpha value is -1.83. The summed E-state index contributed by atoms with van der Waals surface area (Å²) in [5.74, 6) is -0.539. The predicted octanol–water partition coefficient (Wildman–Crippen LogP) is 2.82. The van der Waals surface area contributed by atoms with Gasteiger partial charge in [-0.25, -0.2) is 8.78 Å². The van der Waals surface area contributed by atoms with Gasteiger partial charge in [-0.2, -0.15) is 0 Å². The van der Waals surface area contributed by atoms with Gasteiger partial charge >= 0.3 is 0 Å². The topological polar surface area (TPSA) is 62.7 Å². The van der Waals surface area contributed by atoms with E-state index in [1.165, 1.54) is 12.3 Å². The number of hydrogen-bond acceptors (Lipinski definition) is 4. The van der Waals surface area contributed by atoms with Crippen LogP contribution in [0.25, 0.3) is 0 Å². The fourth-order valence-corrected chi connectivity index (χ4v) is 2.66. The molecule has 1 fully saturated rings. The lowest BCUT2D eigenvalue weighted by molar-refractivity contribution is 0.0746. The molecule has 9 heteroatoms. The van der Waals surface area contributed by atoms with E-state index in [0.29, 0.717) is 37.5 Å². The minimum absolute atomic E-state index is 0. The molecule has 0 atom stereocenters. The molecule has 1 amide bonds. The largest absolute Gasteiger partial charge is 0.467 e. The first-order valence-corrected chi connectivity index (χ1v) is 7.35. The van der Waals surface area contributed by atoms with E-state index in [2.05, 4.69) is 0 Å². The first-order chi connectivity index (χ1) is 11.1. The standard InChI is InChI=1S/C16H17F2N3O2.2ClH/c17-12-1-2-14(18)15(8-12)20-3-5-21(6-4-20)16(22)11-7-13(9-19)23-10-11;;/h1-2,7-8,10H,3-6,9,19H2;2*1H. The van der Waals surface area contributed by atoms with Gasteiger partial charge in [-0.05, 0) is 18.2 Å². The Kier molecular flexibility index (Phi) is 7.66. The normalized spacial score (nSPS) is 13.9. The average molecular weight is 394 g/mol. The Labute approximate surface area is 156 Å². The summed E-state index contributed by atoms with van der Waals surface area (Å²) in [6.07, 6.45) is 1.39. The molecule has 0 radical (unpaired) electrons. The Morgan fingerprint density at radius 2 is 1.80 bits per heavy atom. The van der Waals surface area contributed by atoms with Gasteiger partial charge in [0.15, 0.2) is 0 Å². The third-order valence-corrected chi connectivity index (χ3v) is 3.92. The van der Waals surface area contributed by atoms with Gasteiger partial charge in [0, 0.05) is 32.2 Å². The number of carbonyl (C=O) groups excluding carboxylic acids is 1. The van der Waals surface area contributed by atoms with E-state index in [1.807, 2.05) is 0 Å². The maximum absolute atomic E-state index is 13.8. The molecule has 2 aromatic rings. The van der Waals surface area contributed by atoms with Crippen LogP contribution in [0.4, 0.5) is 14.5 Å². The molecule has 0 spiro atoms. The Balaban J connectivity index is 0.00000156. The second kappa shape index (κ2) is 9.03. The van der Waals surface area contributed by atoms with Crippen LogP contribution < -0.4 is 10.6 Å². The molecule has 1 aromatic carbocycles. The van der Waals surface area contributed by atoms with E-state index in [9.17, 15) is 13.6 Å². The van der Waals surface area contributed by atoms with Crippen molar-refractivity contribution in [3.05, 3.63) is 53.5 Å². The fraction of sp³-hybridized carbons (Fsp3) is 0.312. The SMILES string of the molecule is Cl.Cl.NCc1cc(C(=O)N2CCN(c3cc(F)ccc3F)CC2)co1. The van der Waals surface area contributed by atoms with Crippen molar-refractivity contribution >= 4 is 36.4 Å². The molecule has 2 heterocycles. The summed E-state index contributed by atoms with van der Waals surface area (Å²) in [6, 6.07) is 5.01. The lowest BCUT2D eigenvalue weighted by Gasteiger charge is -2.36. The maximum Gasteiger partial charge on any atom is 0.257 e. The van der Waals surface area contributed by atoms with Crippen LogP contribution in [0.15, 0.2) is 34.9 Å². The molecule has 1 aromatic heterocycles. The van der Waals surface area contributed by atoms with Crippen LogP contribution in [0.5, 0.6) is 0 Å². The summed E-state index contributed by atoms with van der Waals surface area (Å²) < 4.78 is 32.3. The van der Waals surface area contributed by atoms with E-state index in [4.69, 9.17) is 10.2 Å². The average Bonchev–Trinajstić information content (AvgIpc) is 3.06. The van der Waals surface area contributed by atoms with Crippen LogP contribution in [0.1, 0.15) is 16.1 Å². The molecule has 0 saturated carbocycles. The van der Waals surface area contributed by atoms with E-state index >= 15 is 0 Å². The van der Waals surface area contributed by atoms with E-state index in [1.54, 1.807) is 15.9 Å². The number of nitrogens with two attached hydrogens (primary N) is 1. The minimum Gasteiger partial charge on any atom is -0.467 e. The lowest BCUT2D eigenvalue weighted by atomic mass is 10.2. The highest BCUT2D eigenvalue weighted by Crippen LogP contribution is 2.22. The number of anilines is 1. The molecule has 1 aliphatic rings. The molecule has 5 nitrogen and oxygen atoms in total. The van der Waals surface area contributed by atoms with Crippen molar-refractivity contribution in [1.29, 1.82) is 0 Å². The second-order valence-corrected chi connectivity index (χ2v) is 5.38. The van der Waals surface area contributed by atoms with Crippen molar-refractivity contribution < 1.29 is 18.0 Å². The molecular formula is C16H19Cl2F2N3O2. The predicted molar refractivity (Wildman–Crippen MR) is 95.6 cm³/mol. The van der Waals surface area contributed by atoms with Crippen molar-refractivity contribution in [2.24, 2.45) is 5.73 Å². The number of benzene rings is 1. The molecule has 1 saturated heterocycles. The van der Waals surface area contributed by atoms with Gasteiger partial charge < -0.3 is 20.0 Å². The van der Waals surface area contributed by atoms with Gasteiger partial charge in [-0.1, -0.05) is 0 Å². The molecule has 2 N–H and O–H groups in total. The zero-order chi connectivity index (χ0) is 16.4. The van der Waals surface area contributed by atoms with Gasteiger partial charge in [0.05, 0.1) is 17.8 Å². The molecule has 0 unspecified atom stereocenters. The number of halogens is 4. The Bertz CT molecular complexity index is 719. The zero-order valence-corrected chi connectivity index (χ0v) is 14.9. The molecule has 138 valence electrons. The minimum atomic E-state index is -0.479. The summed E-state index contributed by atoms with van der Waals surface area (Å²) in [6.45, 7) is 1.97. The van der Waals surface area contributed by atoms with Gasteiger partial charge in [-0.15, -0.1) is 24.8 Å². The van der Waals surface area contributed by atoms with Gasteiger partial charge in [0.1, 0.15) is 23.7 Å². The molecular weight excluding hydrogens is 375 g/mol. The number of rotatable bonds is 3. The van der Waals surface area contributed by atoms with Crippen LogP contribution in [-0.2, 0) is 6.54 Å². The van der Waals surface area contributed by atoms with Gasteiger partial charge in [-0.3, -0.25) is 4.79 Å². The smallest absolute Gasteiger partial charge is 0.257 e. The maximum atomic E-state index is 13.8. The molecule has 0 aliphatic carbocycles. The van der Waals surface area contributed by atoms with Crippen LogP contribution in [0.3, 0.4) is 0 Å². The van der Waals surface area contributed by atoms with Crippen molar-refractivity contribution in [2.75, 3.05) is 31.1 Å². The number of amides is 1. The highest BCUT2D eigenvalue weighted by Gasteiger charge is 2.24. The highest BCUT2D eigenvalue weighted by molar-refractivity contribution is 5.94.